The lowest BCUT2D eigenvalue weighted by Crippen LogP contribution is -2.39. The Balaban J connectivity index is 1.60. The van der Waals surface area contributed by atoms with Crippen LogP contribution in [-0.2, 0) is 16.1 Å². The van der Waals surface area contributed by atoms with Crippen molar-refractivity contribution in [3.8, 4) is 0 Å². The van der Waals surface area contributed by atoms with Gasteiger partial charge in [0.25, 0.3) is 5.56 Å². The summed E-state index contributed by atoms with van der Waals surface area (Å²) in [4.78, 5) is 25.9. The average Bonchev–Trinajstić information content (AvgIpc) is 2.64. The van der Waals surface area contributed by atoms with Crippen molar-refractivity contribution in [2.75, 3.05) is 30.4 Å². The van der Waals surface area contributed by atoms with Crippen LogP contribution in [0.15, 0.2) is 47.4 Å². The van der Waals surface area contributed by atoms with Gasteiger partial charge in [-0.3, -0.25) is 9.59 Å². The normalized spacial score (nSPS) is 17.3. The highest BCUT2D eigenvalue weighted by Gasteiger charge is 2.19. The molecule has 0 radical (unpaired) electrons. The van der Waals surface area contributed by atoms with Gasteiger partial charge in [-0.15, -0.1) is 0 Å². The van der Waals surface area contributed by atoms with Gasteiger partial charge in [0.2, 0.25) is 5.91 Å². The number of carbonyl (C=O) groups excluding carboxylic acids is 1. The number of benzene rings is 1. The van der Waals surface area contributed by atoms with Gasteiger partial charge in [0.1, 0.15) is 6.54 Å². The van der Waals surface area contributed by atoms with Crippen LogP contribution >= 0.6 is 0 Å². The van der Waals surface area contributed by atoms with E-state index in [0.717, 1.165) is 36.3 Å². The van der Waals surface area contributed by atoms with Crippen molar-refractivity contribution in [3.05, 3.63) is 52.9 Å². The highest BCUT2D eigenvalue weighted by molar-refractivity contribution is 5.90. The van der Waals surface area contributed by atoms with E-state index in [1.807, 2.05) is 24.3 Å². The summed E-state index contributed by atoms with van der Waals surface area (Å²) in [6, 6.07) is 10.6. The molecule has 0 bridgehead atoms. The summed E-state index contributed by atoms with van der Waals surface area (Å²) >= 11 is 0. The summed E-state index contributed by atoms with van der Waals surface area (Å²) in [5, 5.41) is 6.66. The topological polar surface area (TPSA) is 76.5 Å². The molecule has 25 heavy (non-hydrogen) atoms. The van der Waals surface area contributed by atoms with Crippen molar-refractivity contribution in [2.45, 2.75) is 25.5 Å². The number of piperidine rings is 1. The van der Waals surface area contributed by atoms with Gasteiger partial charge in [0, 0.05) is 43.8 Å². The van der Waals surface area contributed by atoms with Crippen molar-refractivity contribution in [2.24, 2.45) is 0 Å². The maximum Gasteiger partial charge on any atom is 0.267 e. The summed E-state index contributed by atoms with van der Waals surface area (Å²) in [5.41, 5.74) is 1.50. The van der Waals surface area contributed by atoms with E-state index in [1.54, 1.807) is 13.2 Å². The number of carbonyl (C=O) groups is 1. The summed E-state index contributed by atoms with van der Waals surface area (Å²) in [6.07, 6.45) is 3.95. The SMILES string of the molecule is CO[C@H]1CCCN(c2ccc(NC(=O)Cn3ncccc3=O)cc2)C1. The van der Waals surface area contributed by atoms with Crippen LogP contribution in [0.1, 0.15) is 12.8 Å². The molecule has 3 rings (SSSR count). The fourth-order valence-electron chi connectivity index (χ4n) is 2.96. The standard InChI is InChI=1S/C18H22N4O3/c1-25-16-4-3-11-21(12-16)15-8-6-14(7-9-15)20-17(23)13-22-18(24)5-2-10-19-22/h2,5-10,16H,3-4,11-13H2,1H3,(H,20,23)/t16-/m0/s1. The van der Waals surface area contributed by atoms with Crippen molar-refractivity contribution in [1.29, 1.82) is 0 Å². The summed E-state index contributed by atoms with van der Waals surface area (Å²) in [6.45, 7) is 1.78. The van der Waals surface area contributed by atoms with E-state index >= 15 is 0 Å². The molecule has 0 spiro atoms. The second-order valence-corrected chi connectivity index (χ2v) is 6.06. The Hall–Kier alpha value is -2.67. The third-order valence-electron chi connectivity index (χ3n) is 4.31. The number of anilines is 2. The van der Waals surface area contributed by atoms with Gasteiger partial charge in [-0.05, 0) is 43.2 Å². The maximum absolute atomic E-state index is 12.1. The van der Waals surface area contributed by atoms with Crippen molar-refractivity contribution in [3.63, 3.8) is 0 Å². The number of aromatic nitrogens is 2. The summed E-state index contributed by atoms with van der Waals surface area (Å²) in [5.74, 6) is -0.286. The van der Waals surface area contributed by atoms with E-state index in [-0.39, 0.29) is 24.1 Å². The van der Waals surface area contributed by atoms with E-state index in [2.05, 4.69) is 15.3 Å². The number of hydrogen-bond donors (Lipinski definition) is 1. The number of nitrogens with zero attached hydrogens (tertiary/aromatic N) is 3. The van der Waals surface area contributed by atoms with E-state index in [1.165, 1.54) is 12.3 Å². The monoisotopic (exact) mass is 342 g/mol. The second kappa shape index (κ2) is 7.94. The molecule has 0 aliphatic carbocycles. The number of amides is 1. The quantitative estimate of drug-likeness (QED) is 0.891. The molecule has 132 valence electrons. The Morgan fingerprint density at radius 1 is 1.32 bits per heavy atom. The molecule has 2 aromatic rings. The zero-order chi connectivity index (χ0) is 17.6. The van der Waals surface area contributed by atoms with Crippen LogP contribution in [0.2, 0.25) is 0 Å². The van der Waals surface area contributed by atoms with E-state index in [4.69, 9.17) is 4.74 Å². The van der Waals surface area contributed by atoms with Gasteiger partial charge in [-0.1, -0.05) is 0 Å². The Bertz CT molecular complexity index is 772. The largest absolute Gasteiger partial charge is 0.380 e. The van der Waals surface area contributed by atoms with E-state index < -0.39 is 0 Å². The maximum atomic E-state index is 12.1. The number of hydrogen-bond acceptors (Lipinski definition) is 5. The van der Waals surface area contributed by atoms with Crippen LogP contribution in [-0.4, -0.2) is 42.0 Å². The van der Waals surface area contributed by atoms with Crippen molar-refractivity contribution in [1.82, 2.24) is 9.78 Å². The van der Waals surface area contributed by atoms with Crippen LogP contribution < -0.4 is 15.8 Å². The van der Waals surface area contributed by atoms with Gasteiger partial charge >= 0.3 is 0 Å². The lowest BCUT2D eigenvalue weighted by molar-refractivity contribution is -0.117. The zero-order valence-electron chi connectivity index (χ0n) is 14.2. The lowest BCUT2D eigenvalue weighted by Gasteiger charge is -2.33. The molecule has 1 aromatic carbocycles. The molecule has 1 aliphatic rings. The first kappa shape index (κ1) is 17.2. The van der Waals surface area contributed by atoms with Crippen LogP contribution in [0.5, 0.6) is 0 Å². The first-order valence-electron chi connectivity index (χ1n) is 8.35. The lowest BCUT2D eigenvalue weighted by atomic mass is 10.1. The molecule has 1 aromatic heterocycles. The minimum absolute atomic E-state index is 0.108. The molecule has 1 atom stereocenters. The number of methoxy groups -OCH3 is 1. The minimum atomic E-state index is -0.300. The van der Waals surface area contributed by atoms with Crippen LogP contribution in [0.25, 0.3) is 0 Å². The Morgan fingerprint density at radius 3 is 2.84 bits per heavy atom. The average molecular weight is 342 g/mol. The molecule has 0 unspecified atom stereocenters. The minimum Gasteiger partial charge on any atom is -0.380 e. The Labute approximate surface area is 146 Å². The smallest absolute Gasteiger partial charge is 0.267 e. The molecule has 0 saturated carbocycles. The van der Waals surface area contributed by atoms with Crippen LogP contribution in [0, 0.1) is 0 Å². The van der Waals surface area contributed by atoms with Crippen LogP contribution in [0.4, 0.5) is 11.4 Å². The summed E-state index contributed by atoms with van der Waals surface area (Å²) < 4.78 is 6.58. The van der Waals surface area contributed by atoms with Gasteiger partial charge in [-0.25, -0.2) is 4.68 Å². The predicted molar refractivity (Wildman–Crippen MR) is 95.8 cm³/mol. The number of rotatable bonds is 5. The molecular formula is C18H22N4O3. The fraction of sp³-hybridized carbons (Fsp3) is 0.389. The third kappa shape index (κ3) is 4.45. The van der Waals surface area contributed by atoms with E-state index in [0.29, 0.717) is 5.69 Å². The third-order valence-corrected chi connectivity index (χ3v) is 4.31. The second-order valence-electron chi connectivity index (χ2n) is 6.06. The predicted octanol–water partition coefficient (Wildman–Crippen LogP) is 1.50. The van der Waals surface area contributed by atoms with Gasteiger partial charge < -0.3 is 15.0 Å². The molecule has 7 nitrogen and oxygen atoms in total. The Morgan fingerprint density at radius 2 is 2.12 bits per heavy atom. The van der Waals surface area contributed by atoms with Crippen molar-refractivity contribution >= 4 is 17.3 Å². The summed E-state index contributed by atoms with van der Waals surface area (Å²) in [7, 11) is 1.75. The van der Waals surface area contributed by atoms with E-state index in [9.17, 15) is 9.59 Å². The molecule has 1 saturated heterocycles. The molecule has 1 aliphatic heterocycles. The zero-order valence-corrected chi connectivity index (χ0v) is 14.2. The fourth-order valence-corrected chi connectivity index (χ4v) is 2.96. The first-order valence-corrected chi connectivity index (χ1v) is 8.35. The molecule has 7 heteroatoms. The molecular weight excluding hydrogens is 320 g/mol. The highest BCUT2D eigenvalue weighted by atomic mass is 16.5. The first-order chi connectivity index (χ1) is 12.2. The molecule has 1 N–H and O–H groups in total. The molecule has 1 fully saturated rings. The Kier molecular flexibility index (Phi) is 5.45. The van der Waals surface area contributed by atoms with Crippen LogP contribution in [0.3, 0.4) is 0 Å². The molecule has 1 amide bonds. The molecule has 2 heterocycles. The number of nitrogens with one attached hydrogen (secondary N) is 1. The van der Waals surface area contributed by atoms with Gasteiger partial charge in [0.15, 0.2) is 0 Å². The highest BCUT2D eigenvalue weighted by Crippen LogP contribution is 2.22. The van der Waals surface area contributed by atoms with Gasteiger partial charge in [0.05, 0.1) is 6.10 Å². The number of ether oxygens (including phenoxy) is 1. The van der Waals surface area contributed by atoms with Gasteiger partial charge in [-0.2, -0.15) is 5.10 Å². The van der Waals surface area contributed by atoms with Crippen molar-refractivity contribution < 1.29 is 9.53 Å².